The van der Waals surface area contributed by atoms with Gasteiger partial charge in [-0.15, -0.1) is 0 Å². The normalized spacial score (nSPS) is 17.2. The molecule has 0 aliphatic carbocycles. The fourth-order valence-corrected chi connectivity index (χ4v) is 2.77. The zero-order valence-corrected chi connectivity index (χ0v) is 16.4. The first-order chi connectivity index (χ1) is 10.6. The van der Waals surface area contributed by atoms with Gasteiger partial charge in [0.15, 0.2) is 0 Å². The zero-order valence-electron chi connectivity index (χ0n) is 15.5. The SMILES string of the molecule is CCCC[C@H](C(=O)OC(C)(C)C)[C@H](N[S@@](=O)C(C)(C)C)C(F)(F)F. The number of esters is 1. The van der Waals surface area contributed by atoms with Crippen molar-refractivity contribution in [2.24, 2.45) is 5.92 Å². The van der Waals surface area contributed by atoms with Crippen molar-refractivity contribution >= 4 is 17.0 Å². The number of nitrogens with one attached hydrogen (secondary N) is 1. The van der Waals surface area contributed by atoms with Crippen LogP contribution in [0, 0.1) is 5.92 Å². The van der Waals surface area contributed by atoms with Gasteiger partial charge in [0.1, 0.15) is 11.6 Å². The number of unbranched alkanes of at least 4 members (excludes halogenated alkanes) is 1. The van der Waals surface area contributed by atoms with Crippen LogP contribution in [-0.2, 0) is 20.5 Å². The van der Waals surface area contributed by atoms with E-state index in [1.807, 2.05) is 6.92 Å². The van der Waals surface area contributed by atoms with Gasteiger partial charge in [0.25, 0.3) is 0 Å². The van der Waals surface area contributed by atoms with Crippen molar-refractivity contribution in [3.63, 3.8) is 0 Å². The van der Waals surface area contributed by atoms with Crippen LogP contribution in [0.2, 0.25) is 0 Å². The molecule has 0 heterocycles. The fraction of sp³-hybridized carbons (Fsp3) is 0.938. The molecule has 144 valence electrons. The zero-order chi connectivity index (χ0) is 19.3. The molecular formula is C16H30F3NO3S. The summed E-state index contributed by atoms with van der Waals surface area (Å²) in [6.07, 6.45) is -3.60. The van der Waals surface area contributed by atoms with Gasteiger partial charge in [0.05, 0.1) is 21.7 Å². The van der Waals surface area contributed by atoms with Crippen molar-refractivity contribution in [1.82, 2.24) is 4.72 Å². The summed E-state index contributed by atoms with van der Waals surface area (Å²) >= 11 is 0. The van der Waals surface area contributed by atoms with Gasteiger partial charge in [0, 0.05) is 0 Å². The first kappa shape index (κ1) is 23.4. The van der Waals surface area contributed by atoms with Crippen molar-refractivity contribution in [2.45, 2.75) is 90.3 Å². The highest BCUT2D eigenvalue weighted by Crippen LogP contribution is 2.31. The van der Waals surface area contributed by atoms with Crippen LogP contribution in [0.4, 0.5) is 13.2 Å². The Morgan fingerprint density at radius 3 is 1.96 bits per heavy atom. The Labute approximate surface area is 145 Å². The lowest BCUT2D eigenvalue weighted by molar-refractivity contribution is -0.185. The summed E-state index contributed by atoms with van der Waals surface area (Å²) in [4.78, 5) is 12.3. The highest BCUT2D eigenvalue weighted by atomic mass is 32.2. The van der Waals surface area contributed by atoms with E-state index >= 15 is 0 Å². The maximum Gasteiger partial charge on any atom is 0.405 e. The van der Waals surface area contributed by atoms with Crippen molar-refractivity contribution in [3.8, 4) is 0 Å². The molecule has 0 saturated heterocycles. The second kappa shape index (κ2) is 8.65. The molecule has 4 nitrogen and oxygen atoms in total. The fourth-order valence-electron chi connectivity index (χ4n) is 1.89. The first-order valence-electron chi connectivity index (χ1n) is 8.07. The monoisotopic (exact) mass is 373 g/mol. The minimum Gasteiger partial charge on any atom is -0.460 e. The lowest BCUT2D eigenvalue weighted by Gasteiger charge is -2.32. The van der Waals surface area contributed by atoms with Crippen LogP contribution in [0.1, 0.15) is 67.7 Å². The van der Waals surface area contributed by atoms with Crippen LogP contribution in [0.5, 0.6) is 0 Å². The van der Waals surface area contributed by atoms with E-state index < -0.39 is 45.4 Å². The van der Waals surface area contributed by atoms with Gasteiger partial charge in [-0.25, -0.2) is 8.93 Å². The molecule has 0 aromatic carbocycles. The Bertz CT molecular complexity index is 439. The van der Waals surface area contributed by atoms with E-state index in [0.717, 1.165) is 0 Å². The van der Waals surface area contributed by atoms with Crippen molar-refractivity contribution in [3.05, 3.63) is 0 Å². The van der Waals surface area contributed by atoms with Gasteiger partial charge in [0.2, 0.25) is 0 Å². The van der Waals surface area contributed by atoms with E-state index in [1.54, 1.807) is 41.5 Å². The molecule has 0 spiro atoms. The van der Waals surface area contributed by atoms with Crippen molar-refractivity contribution < 1.29 is 26.9 Å². The molecule has 0 saturated carbocycles. The lowest BCUT2D eigenvalue weighted by Crippen LogP contribution is -2.54. The summed E-state index contributed by atoms with van der Waals surface area (Å²) in [5.74, 6) is -2.35. The molecule has 3 atom stereocenters. The molecular weight excluding hydrogens is 343 g/mol. The van der Waals surface area contributed by atoms with Crippen LogP contribution in [-0.4, -0.2) is 32.7 Å². The number of ether oxygens (including phenoxy) is 1. The average Bonchev–Trinajstić information content (AvgIpc) is 2.32. The number of alkyl halides is 3. The lowest BCUT2D eigenvalue weighted by atomic mass is 9.93. The largest absolute Gasteiger partial charge is 0.460 e. The smallest absolute Gasteiger partial charge is 0.405 e. The number of hydrogen-bond acceptors (Lipinski definition) is 3. The molecule has 0 aliphatic heterocycles. The van der Waals surface area contributed by atoms with Gasteiger partial charge in [-0.1, -0.05) is 19.8 Å². The Morgan fingerprint density at radius 1 is 1.12 bits per heavy atom. The second-order valence-corrected chi connectivity index (χ2v) is 9.80. The molecule has 1 N–H and O–H groups in total. The third-order valence-electron chi connectivity index (χ3n) is 3.12. The minimum atomic E-state index is -4.71. The molecule has 0 radical (unpaired) electrons. The maximum absolute atomic E-state index is 13.5. The molecule has 0 aromatic heterocycles. The molecule has 8 heteroatoms. The number of carbonyl (C=O) groups excluding carboxylic acids is 1. The summed E-state index contributed by atoms with van der Waals surface area (Å²) in [6, 6.07) is -2.21. The molecule has 0 aromatic rings. The van der Waals surface area contributed by atoms with Crippen LogP contribution < -0.4 is 4.72 Å². The summed E-state index contributed by atoms with van der Waals surface area (Å²) in [6.45, 7) is 11.3. The highest BCUT2D eigenvalue weighted by molar-refractivity contribution is 7.84. The highest BCUT2D eigenvalue weighted by Gasteiger charge is 2.49. The Kier molecular flexibility index (Phi) is 8.42. The summed E-state index contributed by atoms with van der Waals surface area (Å²) in [5.41, 5.74) is -0.888. The second-order valence-electron chi connectivity index (χ2n) is 7.80. The average molecular weight is 373 g/mol. The van der Waals surface area contributed by atoms with Crippen LogP contribution in [0.15, 0.2) is 0 Å². The predicted octanol–water partition coefficient (Wildman–Crippen LogP) is 4.12. The van der Waals surface area contributed by atoms with Gasteiger partial charge in [-0.3, -0.25) is 4.79 Å². The van der Waals surface area contributed by atoms with Gasteiger partial charge in [-0.2, -0.15) is 13.2 Å². The van der Waals surface area contributed by atoms with Crippen molar-refractivity contribution in [1.29, 1.82) is 0 Å². The Hall–Kier alpha value is -0.630. The molecule has 0 aliphatic rings. The van der Waals surface area contributed by atoms with Crippen LogP contribution in [0.25, 0.3) is 0 Å². The van der Waals surface area contributed by atoms with E-state index in [0.29, 0.717) is 12.8 Å². The van der Waals surface area contributed by atoms with Gasteiger partial charge in [-0.05, 0) is 48.0 Å². The topological polar surface area (TPSA) is 55.4 Å². The molecule has 0 amide bonds. The molecule has 0 bridgehead atoms. The van der Waals surface area contributed by atoms with E-state index in [-0.39, 0.29) is 6.42 Å². The molecule has 0 unspecified atom stereocenters. The third-order valence-corrected chi connectivity index (χ3v) is 4.70. The van der Waals surface area contributed by atoms with E-state index in [9.17, 15) is 22.2 Å². The maximum atomic E-state index is 13.5. The van der Waals surface area contributed by atoms with E-state index in [1.165, 1.54) is 0 Å². The number of carbonyl (C=O) groups is 1. The Morgan fingerprint density at radius 2 is 1.62 bits per heavy atom. The van der Waals surface area contributed by atoms with Crippen LogP contribution >= 0.6 is 0 Å². The summed E-state index contributed by atoms with van der Waals surface area (Å²) in [5, 5.41) is 0. The summed E-state index contributed by atoms with van der Waals surface area (Å²) < 4.78 is 59.2. The minimum absolute atomic E-state index is 0.0178. The first-order valence-corrected chi connectivity index (χ1v) is 9.22. The molecule has 0 fully saturated rings. The summed E-state index contributed by atoms with van der Waals surface area (Å²) in [7, 11) is -1.96. The number of rotatable bonds is 7. The van der Waals surface area contributed by atoms with E-state index in [4.69, 9.17) is 4.74 Å². The van der Waals surface area contributed by atoms with Gasteiger partial charge < -0.3 is 4.74 Å². The van der Waals surface area contributed by atoms with Crippen LogP contribution in [0.3, 0.4) is 0 Å². The molecule has 0 rings (SSSR count). The quantitative estimate of drug-likeness (QED) is 0.683. The molecule has 24 heavy (non-hydrogen) atoms. The van der Waals surface area contributed by atoms with E-state index in [2.05, 4.69) is 4.72 Å². The predicted molar refractivity (Wildman–Crippen MR) is 89.7 cm³/mol. The third kappa shape index (κ3) is 8.46. The Balaban J connectivity index is 5.58. The standard InChI is InChI=1S/C16H30F3NO3S/c1-8-9-10-11(13(21)23-14(2,3)4)12(16(17,18)19)20-24(22)15(5,6)7/h11-12,20H,8-10H2,1-7H3/t11-,12-,24-/m0/s1. The van der Waals surface area contributed by atoms with Crippen molar-refractivity contribution in [2.75, 3.05) is 0 Å². The number of hydrogen-bond donors (Lipinski definition) is 1. The number of halogens is 3. The van der Waals surface area contributed by atoms with Gasteiger partial charge >= 0.3 is 12.1 Å².